The molecular weight excluding hydrogens is 419 g/mol. The zero-order valence-corrected chi connectivity index (χ0v) is 22.5. The fourth-order valence-corrected chi connectivity index (χ4v) is 4.70. The molecule has 0 aliphatic heterocycles. The summed E-state index contributed by atoms with van der Waals surface area (Å²) >= 11 is 0. The number of para-hydroxylation sites is 1. The molecule has 0 unspecified atom stereocenters. The van der Waals surface area contributed by atoms with Crippen LogP contribution in [0.1, 0.15) is 109 Å². The summed E-state index contributed by atoms with van der Waals surface area (Å²) in [4.78, 5) is 7.43. The Morgan fingerprint density at radius 1 is 0.806 bits per heavy atom. The van der Waals surface area contributed by atoms with E-state index in [1.54, 1.807) is 12.1 Å². The molecule has 2 aromatic rings. The van der Waals surface area contributed by atoms with E-state index in [0.717, 1.165) is 18.7 Å². The Morgan fingerprint density at radius 2 is 1.29 bits per heavy atom. The van der Waals surface area contributed by atoms with Gasteiger partial charge in [0.05, 0.1) is 5.52 Å². The second-order valence-corrected chi connectivity index (χ2v) is 9.90. The Morgan fingerprint density at radius 3 is 1.77 bits per heavy atom. The van der Waals surface area contributed by atoms with Crippen LogP contribution in [0.25, 0.3) is 11.0 Å². The molecule has 1 heterocycles. The van der Waals surface area contributed by atoms with Crippen LogP contribution in [0.4, 0.5) is 0 Å². The van der Waals surface area contributed by atoms with Gasteiger partial charge in [-0.25, -0.2) is 4.98 Å². The third kappa shape index (κ3) is 11.3. The number of benzene rings is 1. The third-order valence-electron chi connectivity index (χ3n) is 5.82. The summed E-state index contributed by atoms with van der Waals surface area (Å²) in [5, 5.41) is 0. The minimum atomic E-state index is -4.25. The van der Waals surface area contributed by atoms with Gasteiger partial charge >= 0.3 is 0 Å². The molecule has 0 spiro atoms. The van der Waals surface area contributed by atoms with Gasteiger partial charge < -0.3 is 4.98 Å². The van der Waals surface area contributed by atoms with Crippen LogP contribution in [-0.2, 0) is 16.5 Å². The van der Waals surface area contributed by atoms with Crippen molar-refractivity contribution in [1.82, 2.24) is 9.97 Å². The molecule has 5 nitrogen and oxygen atoms in total. The van der Waals surface area contributed by atoms with E-state index in [4.69, 9.17) is 0 Å². The van der Waals surface area contributed by atoms with E-state index < -0.39 is 10.1 Å². The molecule has 0 amide bonds. The van der Waals surface area contributed by atoms with Gasteiger partial charge in [-0.3, -0.25) is 4.55 Å². The number of hydrogen-bond acceptors (Lipinski definition) is 3. The van der Waals surface area contributed by atoms with Crippen molar-refractivity contribution in [2.75, 3.05) is 0 Å². The molecule has 1 aromatic heterocycles. The van der Waals surface area contributed by atoms with Gasteiger partial charge in [-0.1, -0.05) is 103 Å². The number of aromatic amines is 1. The van der Waals surface area contributed by atoms with E-state index in [1.165, 1.54) is 96.0 Å². The van der Waals surface area contributed by atoms with Gasteiger partial charge in [-0.05, 0) is 18.6 Å². The second-order valence-electron chi connectivity index (χ2n) is 8.51. The first-order valence-electron chi connectivity index (χ1n) is 12.0. The Bertz CT molecular complexity index is 836. The van der Waals surface area contributed by atoms with Crippen LogP contribution >= 0.6 is 0 Å². The minimum Gasteiger partial charge on any atom is -0.342 e. The number of fused-ring (bicyclic) bond motifs is 1. The summed E-state index contributed by atoms with van der Waals surface area (Å²) in [5.41, 5.74) is 0.983. The van der Waals surface area contributed by atoms with E-state index in [-0.39, 0.29) is 34.5 Å². The number of nitrogens with zero attached hydrogens (tertiary/aromatic N) is 1. The summed E-state index contributed by atoms with van der Waals surface area (Å²) < 4.78 is 32.3. The predicted molar refractivity (Wildman–Crippen MR) is 130 cm³/mol. The van der Waals surface area contributed by atoms with Gasteiger partial charge in [0.15, 0.2) is 0 Å². The maximum Gasteiger partial charge on any atom is 0.296 e. The van der Waals surface area contributed by atoms with Crippen LogP contribution in [0.5, 0.6) is 0 Å². The van der Waals surface area contributed by atoms with Crippen LogP contribution in [-0.4, -0.2) is 52.5 Å². The maximum atomic E-state index is 11.5. The SMILES string of the molecule is CCCCCCCCCCCCCCCCCc1nc2c(S(=O)(=O)O)cccc2[nH]1.[Na]. The molecule has 171 valence electrons. The van der Waals surface area contributed by atoms with Crippen LogP contribution in [0.2, 0.25) is 0 Å². The van der Waals surface area contributed by atoms with Gasteiger partial charge in [0, 0.05) is 36.0 Å². The van der Waals surface area contributed by atoms with Gasteiger partial charge in [-0.15, -0.1) is 0 Å². The molecule has 0 fully saturated rings. The number of hydrogen-bond donors (Lipinski definition) is 2. The smallest absolute Gasteiger partial charge is 0.296 e. The quantitative estimate of drug-likeness (QED) is 0.154. The largest absolute Gasteiger partial charge is 0.342 e. The van der Waals surface area contributed by atoms with E-state index in [2.05, 4.69) is 16.9 Å². The number of rotatable bonds is 17. The Hall–Kier alpha value is -0.400. The normalized spacial score (nSPS) is 11.7. The molecule has 0 bridgehead atoms. The first-order valence-corrected chi connectivity index (χ1v) is 13.4. The third-order valence-corrected chi connectivity index (χ3v) is 6.71. The number of aromatic nitrogens is 2. The first-order chi connectivity index (χ1) is 14.5. The molecule has 7 heteroatoms. The van der Waals surface area contributed by atoms with Crippen molar-refractivity contribution in [3.8, 4) is 0 Å². The molecule has 0 saturated heterocycles. The molecular formula is C24H40N2NaO3S. The molecule has 1 aromatic carbocycles. The summed E-state index contributed by atoms with van der Waals surface area (Å²) in [6.45, 7) is 2.27. The number of aryl methyl sites for hydroxylation is 1. The predicted octanol–water partition coefficient (Wildman–Crippen LogP) is 6.84. The number of nitrogens with one attached hydrogen (secondary N) is 1. The van der Waals surface area contributed by atoms with Crippen molar-refractivity contribution in [3.05, 3.63) is 24.0 Å². The minimum absolute atomic E-state index is 0. The summed E-state index contributed by atoms with van der Waals surface area (Å²) in [7, 11) is -4.25. The van der Waals surface area contributed by atoms with Crippen LogP contribution in [0.3, 0.4) is 0 Å². The van der Waals surface area contributed by atoms with E-state index in [9.17, 15) is 13.0 Å². The Kier molecular flexibility index (Phi) is 15.0. The van der Waals surface area contributed by atoms with E-state index in [1.807, 2.05) is 0 Å². The molecule has 0 aliphatic rings. The Balaban J connectivity index is 0.00000480. The van der Waals surface area contributed by atoms with Crippen molar-refractivity contribution in [2.45, 2.75) is 115 Å². The number of imidazole rings is 1. The fourth-order valence-electron chi connectivity index (χ4n) is 4.05. The zero-order chi connectivity index (χ0) is 21.7. The van der Waals surface area contributed by atoms with Gasteiger partial charge in [0.2, 0.25) is 0 Å². The van der Waals surface area contributed by atoms with Gasteiger partial charge in [0.25, 0.3) is 10.1 Å². The molecule has 0 aliphatic carbocycles. The topological polar surface area (TPSA) is 83.1 Å². The number of H-pyrrole nitrogens is 1. The van der Waals surface area contributed by atoms with Crippen molar-refractivity contribution in [2.24, 2.45) is 0 Å². The van der Waals surface area contributed by atoms with E-state index >= 15 is 0 Å². The summed E-state index contributed by atoms with van der Waals surface area (Å²) in [6.07, 6.45) is 20.8. The van der Waals surface area contributed by atoms with Crippen LogP contribution in [0.15, 0.2) is 23.1 Å². The summed E-state index contributed by atoms with van der Waals surface area (Å²) in [5.74, 6) is 0.788. The van der Waals surface area contributed by atoms with Crippen molar-refractivity contribution in [1.29, 1.82) is 0 Å². The average molecular weight is 460 g/mol. The van der Waals surface area contributed by atoms with Crippen LogP contribution < -0.4 is 0 Å². The van der Waals surface area contributed by atoms with Gasteiger partial charge in [-0.2, -0.15) is 8.42 Å². The molecule has 2 N–H and O–H groups in total. The molecule has 31 heavy (non-hydrogen) atoms. The standard InChI is InChI=1S/C24H40N2O3S.Na/c1-2-3-4-5-6-7-8-9-10-11-12-13-14-15-16-20-23-25-21-18-17-19-22(24(21)26-23)30(27,28)29;/h17-19H,2-16,20H2,1H3,(H,25,26)(H,27,28,29);. The first kappa shape index (κ1) is 28.6. The summed E-state index contributed by atoms with van der Waals surface area (Å²) in [6, 6.07) is 4.78. The number of unbranched alkanes of at least 4 members (excludes halogenated alkanes) is 14. The second kappa shape index (κ2) is 16.2. The van der Waals surface area contributed by atoms with E-state index in [0.29, 0.717) is 11.0 Å². The maximum absolute atomic E-state index is 11.5. The van der Waals surface area contributed by atoms with Crippen molar-refractivity contribution in [3.63, 3.8) is 0 Å². The van der Waals surface area contributed by atoms with Crippen molar-refractivity contribution < 1.29 is 13.0 Å². The van der Waals surface area contributed by atoms with Crippen LogP contribution in [0, 0.1) is 0 Å². The molecule has 1 radical (unpaired) electrons. The molecule has 0 saturated carbocycles. The monoisotopic (exact) mass is 459 g/mol. The van der Waals surface area contributed by atoms with Gasteiger partial charge in [0.1, 0.15) is 16.2 Å². The zero-order valence-electron chi connectivity index (χ0n) is 19.7. The molecule has 2 rings (SSSR count). The Labute approximate surface area is 211 Å². The molecule has 0 atom stereocenters. The fraction of sp³-hybridized carbons (Fsp3) is 0.708. The average Bonchev–Trinajstić information content (AvgIpc) is 3.13. The van der Waals surface area contributed by atoms with Crippen molar-refractivity contribution >= 4 is 50.7 Å².